The van der Waals surface area contributed by atoms with Gasteiger partial charge in [0.05, 0.1) is 0 Å². The van der Waals surface area contributed by atoms with E-state index in [-0.39, 0.29) is 0 Å². The molecular formula is C12H9ClF6N4O. The first-order valence-corrected chi connectivity index (χ1v) is 6.86. The third-order valence-corrected chi connectivity index (χ3v) is 3.37. The Labute approximate surface area is 136 Å². The summed E-state index contributed by atoms with van der Waals surface area (Å²) in [4.78, 5) is 21.7. The fraction of sp³-hybridized carbons (Fsp3) is 0.500. The number of halogens is 7. The first kappa shape index (κ1) is 18.4. The maximum atomic E-state index is 13.8. The highest BCUT2D eigenvalue weighted by Gasteiger charge is 2.46. The van der Waals surface area contributed by atoms with Crippen LogP contribution in [0.3, 0.4) is 0 Å². The minimum atomic E-state index is -4.62. The van der Waals surface area contributed by atoms with Crippen LogP contribution in [0.1, 0.15) is 25.6 Å². The van der Waals surface area contributed by atoms with Gasteiger partial charge in [-0.3, -0.25) is 4.79 Å². The maximum Gasteiger partial charge on any atom is 0.408 e. The zero-order valence-corrected chi connectivity index (χ0v) is 12.6. The fourth-order valence-corrected chi connectivity index (χ4v) is 2.00. The summed E-state index contributed by atoms with van der Waals surface area (Å²) in [6.07, 6.45) is -6.18. The van der Waals surface area contributed by atoms with Crippen molar-refractivity contribution >= 4 is 28.9 Å². The Kier molecular flexibility index (Phi) is 4.75. The summed E-state index contributed by atoms with van der Waals surface area (Å²) in [5.41, 5.74) is -0.557. The molecule has 1 aromatic rings. The average Bonchev–Trinajstić information content (AvgIpc) is 2.43. The molecule has 24 heavy (non-hydrogen) atoms. The first-order chi connectivity index (χ1) is 10.9. The number of anilines is 1. The van der Waals surface area contributed by atoms with Crippen molar-refractivity contribution in [1.29, 1.82) is 0 Å². The van der Waals surface area contributed by atoms with Crippen molar-refractivity contribution in [1.82, 2.24) is 15.0 Å². The third-order valence-electron chi connectivity index (χ3n) is 3.20. The van der Waals surface area contributed by atoms with Gasteiger partial charge in [0, 0.05) is 12.0 Å². The van der Waals surface area contributed by atoms with Crippen LogP contribution < -0.4 is 5.32 Å². The lowest BCUT2D eigenvalue weighted by Gasteiger charge is -2.21. The third kappa shape index (κ3) is 3.77. The summed E-state index contributed by atoms with van der Waals surface area (Å²) in [6.45, 7) is 0.780. The van der Waals surface area contributed by atoms with Crippen LogP contribution in [-0.2, 0) is 4.79 Å². The number of carbonyl (C=O) groups excluding carboxylic acids is 1. The molecule has 0 spiro atoms. The lowest BCUT2D eigenvalue weighted by Crippen LogP contribution is -2.34. The molecule has 1 heterocycles. The zero-order chi connectivity index (χ0) is 18.3. The van der Waals surface area contributed by atoms with Crippen LogP contribution in [0.25, 0.3) is 5.57 Å². The minimum absolute atomic E-state index is 0.557. The molecule has 1 aliphatic rings. The average molecular weight is 375 g/mol. The van der Waals surface area contributed by atoms with Gasteiger partial charge in [0.2, 0.25) is 11.2 Å². The summed E-state index contributed by atoms with van der Waals surface area (Å²) < 4.78 is 77.7. The predicted molar refractivity (Wildman–Crippen MR) is 71.2 cm³/mol. The second-order valence-corrected chi connectivity index (χ2v) is 5.32. The van der Waals surface area contributed by atoms with E-state index in [0.29, 0.717) is 0 Å². The van der Waals surface area contributed by atoms with E-state index in [9.17, 15) is 31.1 Å². The highest BCUT2D eigenvalue weighted by molar-refractivity contribution is 6.28. The van der Waals surface area contributed by atoms with E-state index in [1.54, 1.807) is 0 Å². The standard InChI is InChI=1S/C12H9ClF6N4O/c1-4(12(17,18)19)20-10-22-8(21-9(13)23-10)5-2-3-11(15,16)7(24)6(5)14/h4H,2-3H2,1H3,(H,20,21,22,23)/t4-/m1/s1. The Bertz CT molecular complexity index is 705. The molecule has 0 aliphatic heterocycles. The van der Waals surface area contributed by atoms with Gasteiger partial charge in [-0.2, -0.15) is 36.9 Å². The van der Waals surface area contributed by atoms with Crippen molar-refractivity contribution in [3.05, 3.63) is 16.9 Å². The number of hydrogen-bond acceptors (Lipinski definition) is 5. The second kappa shape index (κ2) is 6.19. The van der Waals surface area contributed by atoms with Gasteiger partial charge in [-0.05, 0) is 24.9 Å². The van der Waals surface area contributed by atoms with Gasteiger partial charge in [-0.1, -0.05) is 0 Å². The maximum absolute atomic E-state index is 13.8. The van der Waals surface area contributed by atoms with E-state index in [0.717, 1.165) is 6.92 Å². The smallest absolute Gasteiger partial charge is 0.343 e. The molecule has 1 N–H and O–H groups in total. The molecule has 0 radical (unpaired) electrons. The fourth-order valence-electron chi connectivity index (χ4n) is 1.84. The van der Waals surface area contributed by atoms with E-state index in [4.69, 9.17) is 11.6 Å². The second-order valence-electron chi connectivity index (χ2n) is 4.99. The number of allylic oxidation sites excluding steroid dienone is 2. The molecule has 2 rings (SSSR count). The molecule has 1 aromatic heterocycles. The number of aromatic nitrogens is 3. The topological polar surface area (TPSA) is 67.8 Å². The summed E-state index contributed by atoms with van der Waals surface area (Å²) >= 11 is 5.55. The lowest BCUT2D eigenvalue weighted by atomic mass is 9.93. The molecule has 0 fully saturated rings. The molecule has 0 saturated carbocycles. The molecule has 0 aromatic carbocycles. The Morgan fingerprint density at radius 2 is 1.88 bits per heavy atom. The quantitative estimate of drug-likeness (QED) is 0.819. The van der Waals surface area contributed by atoms with Crippen LogP contribution in [-0.4, -0.2) is 38.9 Å². The zero-order valence-electron chi connectivity index (χ0n) is 11.9. The van der Waals surface area contributed by atoms with Crippen LogP contribution in [0.5, 0.6) is 0 Å². The summed E-state index contributed by atoms with van der Waals surface area (Å²) in [5.74, 6) is -8.83. The highest BCUT2D eigenvalue weighted by atomic mass is 35.5. The largest absolute Gasteiger partial charge is 0.408 e. The van der Waals surface area contributed by atoms with E-state index in [1.165, 1.54) is 0 Å². The van der Waals surface area contributed by atoms with Gasteiger partial charge in [-0.15, -0.1) is 0 Å². The van der Waals surface area contributed by atoms with E-state index < -0.39 is 65.2 Å². The Hall–Kier alpha value is -1.91. The van der Waals surface area contributed by atoms with E-state index in [1.807, 2.05) is 5.32 Å². The number of alkyl halides is 5. The van der Waals surface area contributed by atoms with Gasteiger partial charge >= 0.3 is 12.1 Å². The number of hydrogen-bond donors (Lipinski definition) is 1. The van der Waals surface area contributed by atoms with Gasteiger partial charge in [0.1, 0.15) is 6.04 Å². The number of ketones is 1. The number of Topliss-reactive ketones (excluding diaryl/α,β-unsaturated/α-hetero) is 1. The van der Waals surface area contributed by atoms with Crippen molar-refractivity contribution < 1.29 is 31.1 Å². The number of nitrogens with one attached hydrogen (secondary N) is 1. The summed E-state index contributed by atoms with van der Waals surface area (Å²) in [7, 11) is 0. The summed E-state index contributed by atoms with van der Waals surface area (Å²) in [5, 5.41) is 1.31. The molecule has 132 valence electrons. The Morgan fingerprint density at radius 1 is 1.25 bits per heavy atom. The number of rotatable bonds is 3. The molecule has 0 saturated heterocycles. The Morgan fingerprint density at radius 3 is 2.46 bits per heavy atom. The van der Waals surface area contributed by atoms with Crippen molar-refractivity contribution in [2.75, 3.05) is 5.32 Å². The molecule has 0 bridgehead atoms. The van der Waals surface area contributed by atoms with E-state index in [2.05, 4.69) is 15.0 Å². The predicted octanol–water partition coefficient (Wildman–Crippen LogP) is 3.57. The monoisotopic (exact) mass is 374 g/mol. The van der Waals surface area contributed by atoms with Crippen LogP contribution >= 0.6 is 11.6 Å². The normalized spacial score (nSPS) is 19.4. The molecule has 1 aliphatic carbocycles. The Balaban J connectivity index is 2.39. The molecule has 0 amide bonds. The molecular weight excluding hydrogens is 366 g/mol. The van der Waals surface area contributed by atoms with Gasteiger partial charge in [0.25, 0.3) is 5.78 Å². The van der Waals surface area contributed by atoms with Crippen molar-refractivity contribution in [2.24, 2.45) is 0 Å². The van der Waals surface area contributed by atoms with E-state index >= 15 is 0 Å². The molecule has 12 heteroatoms. The van der Waals surface area contributed by atoms with Gasteiger partial charge in [-0.25, -0.2) is 4.39 Å². The number of nitrogens with zero attached hydrogens (tertiary/aromatic N) is 3. The van der Waals surface area contributed by atoms with Crippen molar-refractivity contribution in [2.45, 2.75) is 37.9 Å². The van der Waals surface area contributed by atoms with Crippen molar-refractivity contribution in [3.63, 3.8) is 0 Å². The summed E-state index contributed by atoms with van der Waals surface area (Å²) in [6, 6.07) is -2.06. The van der Waals surface area contributed by atoms with Crippen LogP contribution in [0.2, 0.25) is 5.28 Å². The van der Waals surface area contributed by atoms with Crippen LogP contribution in [0.4, 0.5) is 32.3 Å². The molecule has 0 unspecified atom stereocenters. The van der Waals surface area contributed by atoms with Gasteiger partial charge < -0.3 is 5.32 Å². The lowest BCUT2D eigenvalue weighted by molar-refractivity contribution is -0.142. The van der Waals surface area contributed by atoms with Crippen LogP contribution in [0.15, 0.2) is 5.83 Å². The number of carbonyl (C=O) groups is 1. The first-order valence-electron chi connectivity index (χ1n) is 6.48. The molecule has 1 atom stereocenters. The van der Waals surface area contributed by atoms with Crippen LogP contribution in [0, 0.1) is 0 Å². The highest BCUT2D eigenvalue weighted by Crippen LogP contribution is 2.38. The molecule has 5 nitrogen and oxygen atoms in total. The van der Waals surface area contributed by atoms with Gasteiger partial charge in [0.15, 0.2) is 11.7 Å². The minimum Gasteiger partial charge on any atom is -0.343 e. The van der Waals surface area contributed by atoms with Crippen molar-refractivity contribution in [3.8, 4) is 0 Å². The SMILES string of the molecule is C[C@@H](Nc1nc(Cl)nc(C2=C(F)C(=O)C(F)(F)CC2)n1)C(F)(F)F.